The zero-order valence-electron chi connectivity index (χ0n) is 13.4. The number of likely N-dealkylation sites (tertiary alicyclic amines) is 1. The summed E-state index contributed by atoms with van der Waals surface area (Å²) in [4.78, 5) is 14.7. The van der Waals surface area contributed by atoms with Crippen molar-refractivity contribution in [3.63, 3.8) is 0 Å². The monoisotopic (exact) mass is 302 g/mol. The molecule has 0 aromatic heterocycles. The number of nitrogens with one attached hydrogen (secondary N) is 1. The summed E-state index contributed by atoms with van der Waals surface area (Å²) in [5, 5.41) is 3.37. The minimum absolute atomic E-state index is 0.250. The summed E-state index contributed by atoms with van der Waals surface area (Å²) in [5.41, 5.74) is 1.23. The van der Waals surface area contributed by atoms with E-state index in [1.807, 2.05) is 12.1 Å². The van der Waals surface area contributed by atoms with E-state index in [0.29, 0.717) is 18.2 Å². The normalized spacial score (nSPS) is 24.7. The molecule has 2 aliphatic rings. The predicted octanol–water partition coefficient (Wildman–Crippen LogP) is 2.75. The van der Waals surface area contributed by atoms with Gasteiger partial charge in [-0.3, -0.25) is 4.79 Å². The van der Waals surface area contributed by atoms with Gasteiger partial charge in [-0.05, 0) is 62.4 Å². The molecule has 0 radical (unpaired) electrons. The Morgan fingerprint density at radius 1 is 1.32 bits per heavy atom. The van der Waals surface area contributed by atoms with E-state index in [2.05, 4.69) is 22.3 Å². The van der Waals surface area contributed by atoms with Gasteiger partial charge in [0.05, 0.1) is 13.2 Å². The van der Waals surface area contributed by atoms with Gasteiger partial charge in [0.2, 0.25) is 5.91 Å². The molecule has 2 saturated heterocycles. The molecular formula is C18H26N2O2. The first kappa shape index (κ1) is 15.3. The van der Waals surface area contributed by atoms with Crippen LogP contribution in [0.25, 0.3) is 0 Å². The Labute approximate surface area is 132 Å². The lowest BCUT2D eigenvalue weighted by Crippen LogP contribution is -2.30. The SMILES string of the molecule is COc1ccc(C2CCCN2C(=O)CCC2CCNC2)cc1. The third-order valence-corrected chi connectivity index (χ3v) is 5.00. The molecule has 1 aromatic carbocycles. The molecule has 0 spiro atoms. The molecule has 2 atom stereocenters. The van der Waals surface area contributed by atoms with Crippen LogP contribution in [-0.2, 0) is 4.79 Å². The molecule has 0 saturated carbocycles. The Hall–Kier alpha value is -1.55. The average Bonchev–Trinajstić information content (AvgIpc) is 3.24. The van der Waals surface area contributed by atoms with Gasteiger partial charge in [-0.2, -0.15) is 0 Å². The smallest absolute Gasteiger partial charge is 0.223 e. The minimum atomic E-state index is 0.250. The first-order chi connectivity index (χ1) is 10.8. The van der Waals surface area contributed by atoms with Crippen molar-refractivity contribution in [1.82, 2.24) is 10.2 Å². The number of ether oxygens (including phenoxy) is 1. The molecule has 2 heterocycles. The second kappa shape index (κ2) is 7.14. The van der Waals surface area contributed by atoms with E-state index in [0.717, 1.165) is 44.6 Å². The van der Waals surface area contributed by atoms with Crippen molar-refractivity contribution in [2.75, 3.05) is 26.7 Å². The molecule has 4 nitrogen and oxygen atoms in total. The third-order valence-electron chi connectivity index (χ3n) is 5.00. The van der Waals surface area contributed by atoms with Crippen LogP contribution in [0.2, 0.25) is 0 Å². The van der Waals surface area contributed by atoms with Gasteiger partial charge >= 0.3 is 0 Å². The van der Waals surface area contributed by atoms with Crippen molar-refractivity contribution in [3.8, 4) is 5.75 Å². The van der Waals surface area contributed by atoms with Crippen LogP contribution >= 0.6 is 0 Å². The van der Waals surface area contributed by atoms with Crippen molar-refractivity contribution < 1.29 is 9.53 Å². The molecule has 0 aliphatic carbocycles. The number of carbonyl (C=O) groups is 1. The van der Waals surface area contributed by atoms with Crippen molar-refractivity contribution in [2.24, 2.45) is 5.92 Å². The van der Waals surface area contributed by atoms with Crippen molar-refractivity contribution in [2.45, 2.75) is 38.1 Å². The average molecular weight is 302 g/mol. The molecule has 22 heavy (non-hydrogen) atoms. The van der Waals surface area contributed by atoms with Gasteiger partial charge < -0.3 is 15.0 Å². The highest BCUT2D eigenvalue weighted by Gasteiger charge is 2.30. The number of hydrogen-bond donors (Lipinski definition) is 1. The number of amides is 1. The van der Waals surface area contributed by atoms with E-state index in [1.54, 1.807) is 7.11 Å². The lowest BCUT2D eigenvalue weighted by molar-refractivity contribution is -0.132. The molecule has 1 N–H and O–H groups in total. The Morgan fingerprint density at radius 3 is 2.82 bits per heavy atom. The molecule has 2 unspecified atom stereocenters. The molecule has 4 heteroatoms. The van der Waals surface area contributed by atoms with Gasteiger partial charge in [0.25, 0.3) is 0 Å². The van der Waals surface area contributed by atoms with Crippen LogP contribution in [0.5, 0.6) is 5.75 Å². The van der Waals surface area contributed by atoms with Gasteiger partial charge in [-0.1, -0.05) is 12.1 Å². The number of carbonyl (C=O) groups excluding carboxylic acids is 1. The van der Waals surface area contributed by atoms with Gasteiger partial charge in [0, 0.05) is 13.0 Å². The maximum atomic E-state index is 12.6. The summed E-state index contributed by atoms with van der Waals surface area (Å²) in [6, 6.07) is 8.41. The number of methoxy groups -OCH3 is 1. The lowest BCUT2D eigenvalue weighted by Gasteiger charge is -2.26. The quantitative estimate of drug-likeness (QED) is 0.909. The van der Waals surface area contributed by atoms with E-state index < -0.39 is 0 Å². The molecule has 2 aliphatic heterocycles. The number of rotatable bonds is 5. The van der Waals surface area contributed by atoms with E-state index in [1.165, 1.54) is 12.0 Å². The summed E-state index contributed by atoms with van der Waals surface area (Å²) in [6.07, 6.45) is 5.11. The fourth-order valence-corrected chi connectivity index (χ4v) is 3.67. The second-order valence-electron chi connectivity index (χ2n) is 6.42. The largest absolute Gasteiger partial charge is 0.497 e. The van der Waals surface area contributed by atoms with Crippen LogP contribution in [-0.4, -0.2) is 37.6 Å². The highest BCUT2D eigenvalue weighted by molar-refractivity contribution is 5.77. The van der Waals surface area contributed by atoms with E-state index in [4.69, 9.17) is 4.74 Å². The fraction of sp³-hybridized carbons (Fsp3) is 0.611. The van der Waals surface area contributed by atoms with Crippen LogP contribution < -0.4 is 10.1 Å². The van der Waals surface area contributed by atoms with Gasteiger partial charge in [0.15, 0.2) is 0 Å². The first-order valence-electron chi connectivity index (χ1n) is 8.42. The van der Waals surface area contributed by atoms with Gasteiger partial charge in [-0.15, -0.1) is 0 Å². The van der Waals surface area contributed by atoms with E-state index in [9.17, 15) is 4.79 Å². The molecule has 0 bridgehead atoms. The van der Waals surface area contributed by atoms with E-state index in [-0.39, 0.29) is 6.04 Å². The van der Waals surface area contributed by atoms with Crippen LogP contribution in [0.15, 0.2) is 24.3 Å². The van der Waals surface area contributed by atoms with Gasteiger partial charge in [-0.25, -0.2) is 0 Å². The maximum absolute atomic E-state index is 12.6. The number of benzene rings is 1. The summed E-state index contributed by atoms with van der Waals surface area (Å²) < 4.78 is 5.22. The summed E-state index contributed by atoms with van der Waals surface area (Å²) in [6.45, 7) is 3.09. The summed E-state index contributed by atoms with van der Waals surface area (Å²) >= 11 is 0. The Bertz CT molecular complexity index is 494. The van der Waals surface area contributed by atoms with Crippen molar-refractivity contribution >= 4 is 5.91 Å². The summed E-state index contributed by atoms with van der Waals surface area (Å²) in [5.74, 6) is 1.88. The summed E-state index contributed by atoms with van der Waals surface area (Å²) in [7, 11) is 1.68. The molecule has 3 rings (SSSR count). The Kier molecular flexibility index (Phi) is 4.98. The highest BCUT2D eigenvalue weighted by Crippen LogP contribution is 2.33. The molecular weight excluding hydrogens is 276 g/mol. The Morgan fingerprint density at radius 2 is 2.14 bits per heavy atom. The lowest BCUT2D eigenvalue weighted by atomic mass is 10.0. The Balaban J connectivity index is 1.60. The van der Waals surface area contributed by atoms with Crippen molar-refractivity contribution in [3.05, 3.63) is 29.8 Å². The molecule has 1 aromatic rings. The molecule has 2 fully saturated rings. The highest BCUT2D eigenvalue weighted by atomic mass is 16.5. The molecule has 1 amide bonds. The zero-order chi connectivity index (χ0) is 15.4. The van der Waals surface area contributed by atoms with Crippen LogP contribution in [0.4, 0.5) is 0 Å². The van der Waals surface area contributed by atoms with Gasteiger partial charge in [0.1, 0.15) is 5.75 Å². The van der Waals surface area contributed by atoms with Crippen LogP contribution in [0.3, 0.4) is 0 Å². The van der Waals surface area contributed by atoms with Crippen LogP contribution in [0.1, 0.15) is 43.7 Å². The number of nitrogens with zero attached hydrogens (tertiary/aromatic N) is 1. The second-order valence-corrected chi connectivity index (χ2v) is 6.42. The molecule has 120 valence electrons. The predicted molar refractivity (Wildman–Crippen MR) is 86.9 cm³/mol. The van der Waals surface area contributed by atoms with E-state index >= 15 is 0 Å². The first-order valence-corrected chi connectivity index (χ1v) is 8.42. The fourth-order valence-electron chi connectivity index (χ4n) is 3.67. The number of hydrogen-bond acceptors (Lipinski definition) is 3. The minimum Gasteiger partial charge on any atom is -0.497 e. The maximum Gasteiger partial charge on any atom is 0.223 e. The third kappa shape index (κ3) is 3.43. The zero-order valence-corrected chi connectivity index (χ0v) is 13.4. The standard InChI is InChI=1S/C18H26N2O2/c1-22-16-7-5-15(6-8-16)17-3-2-12-20(17)18(21)9-4-14-10-11-19-13-14/h5-8,14,17,19H,2-4,9-13H2,1H3. The van der Waals surface area contributed by atoms with Crippen LogP contribution in [0, 0.1) is 5.92 Å². The topological polar surface area (TPSA) is 41.6 Å². The van der Waals surface area contributed by atoms with Crippen molar-refractivity contribution in [1.29, 1.82) is 0 Å².